The van der Waals surface area contributed by atoms with E-state index in [1.165, 1.54) is 12.3 Å². The Morgan fingerprint density at radius 3 is 2.82 bits per heavy atom. The van der Waals surface area contributed by atoms with Crippen LogP contribution in [0.2, 0.25) is 0 Å². The number of furan rings is 1. The molecule has 1 unspecified atom stereocenters. The summed E-state index contributed by atoms with van der Waals surface area (Å²) in [7, 11) is -3.54. The number of hydrogen-bond donors (Lipinski definition) is 2. The number of sulfonamides is 1. The molecule has 0 fully saturated rings. The van der Waals surface area contributed by atoms with E-state index in [1.54, 1.807) is 23.6 Å². The van der Waals surface area contributed by atoms with Gasteiger partial charge in [0, 0.05) is 6.54 Å². The normalized spacial score (nSPS) is 13.7. The highest BCUT2D eigenvalue weighted by molar-refractivity contribution is 7.91. The monoisotopic (exact) mass is 273 g/mol. The van der Waals surface area contributed by atoms with Gasteiger partial charge in [-0.05, 0) is 23.6 Å². The molecule has 0 bridgehead atoms. The number of thiophene rings is 1. The third-order valence-corrected chi connectivity index (χ3v) is 4.92. The average Bonchev–Trinajstić information content (AvgIpc) is 2.97. The van der Waals surface area contributed by atoms with E-state index in [0.29, 0.717) is 5.76 Å². The van der Waals surface area contributed by atoms with Gasteiger partial charge in [-0.3, -0.25) is 0 Å². The van der Waals surface area contributed by atoms with E-state index in [4.69, 9.17) is 4.42 Å². The van der Waals surface area contributed by atoms with Crippen LogP contribution in [-0.2, 0) is 10.0 Å². The number of aliphatic hydroxyl groups excluding tert-OH is 1. The summed E-state index contributed by atoms with van der Waals surface area (Å²) in [4.78, 5) is 0. The molecule has 92 valence electrons. The Bertz CT molecular complexity index is 545. The molecule has 0 aromatic carbocycles. The highest BCUT2D eigenvalue weighted by Gasteiger charge is 2.18. The third-order valence-electron chi connectivity index (χ3n) is 2.10. The van der Waals surface area contributed by atoms with Gasteiger partial charge in [-0.1, -0.05) is 6.07 Å². The Hall–Kier alpha value is -1.15. The summed E-state index contributed by atoms with van der Waals surface area (Å²) in [6, 6.07) is 6.38. The van der Waals surface area contributed by atoms with Crippen molar-refractivity contribution in [2.24, 2.45) is 0 Å². The van der Waals surface area contributed by atoms with E-state index in [2.05, 4.69) is 4.72 Å². The fourth-order valence-electron chi connectivity index (χ4n) is 1.26. The molecule has 2 N–H and O–H groups in total. The molecule has 0 saturated heterocycles. The van der Waals surface area contributed by atoms with Crippen molar-refractivity contribution in [3.05, 3.63) is 41.7 Å². The molecule has 17 heavy (non-hydrogen) atoms. The molecule has 0 aliphatic heterocycles. The lowest BCUT2D eigenvalue weighted by atomic mass is 10.3. The molecule has 0 aliphatic carbocycles. The van der Waals surface area contributed by atoms with Gasteiger partial charge in [0.2, 0.25) is 10.0 Å². The molecule has 7 heteroatoms. The summed E-state index contributed by atoms with van der Waals surface area (Å²) in [5.41, 5.74) is 0. The zero-order valence-corrected chi connectivity index (χ0v) is 10.4. The van der Waals surface area contributed by atoms with Crippen molar-refractivity contribution >= 4 is 21.4 Å². The fraction of sp³-hybridized carbons (Fsp3) is 0.200. The first kappa shape index (κ1) is 12.3. The van der Waals surface area contributed by atoms with Crippen LogP contribution in [0.25, 0.3) is 0 Å². The van der Waals surface area contributed by atoms with Crippen LogP contribution >= 0.6 is 11.3 Å². The second-order valence-corrected chi connectivity index (χ2v) is 6.26. The van der Waals surface area contributed by atoms with Crippen LogP contribution < -0.4 is 4.72 Å². The largest absolute Gasteiger partial charge is 0.467 e. The Labute approximate surface area is 103 Å². The summed E-state index contributed by atoms with van der Waals surface area (Å²) < 4.78 is 31.0. The molecule has 0 radical (unpaired) electrons. The van der Waals surface area contributed by atoms with Crippen molar-refractivity contribution in [1.82, 2.24) is 4.72 Å². The molecule has 1 atom stereocenters. The van der Waals surface area contributed by atoms with Crippen molar-refractivity contribution in [1.29, 1.82) is 0 Å². The zero-order chi connectivity index (χ0) is 12.3. The summed E-state index contributed by atoms with van der Waals surface area (Å²) >= 11 is 1.12. The van der Waals surface area contributed by atoms with Gasteiger partial charge in [0.05, 0.1) is 6.26 Å². The van der Waals surface area contributed by atoms with E-state index < -0.39 is 16.1 Å². The molecule has 0 aliphatic rings. The van der Waals surface area contributed by atoms with Crippen LogP contribution in [0, 0.1) is 0 Å². The van der Waals surface area contributed by atoms with Crippen LogP contribution in [0.1, 0.15) is 11.9 Å². The van der Waals surface area contributed by atoms with E-state index in [9.17, 15) is 13.5 Å². The maximum atomic E-state index is 11.7. The molecule has 0 amide bonds. The molecular weight excluding hydrogens is 262 g/mol. The molecule has 2 aromatic heterocycles. The third kappa shape index (κ3) is 2.95. The van der Waals surface area contributed by atoms with E-state index in [1.807, 2.05) is 0 Å². The van der Waals surface area contributed by atoms with Crippen molar-refractivity contribution in [3.63, 3.8) is 0 Å². The summed E-state index contributed by atoms with van der Waals surface area (Å²) in [5.74, 6) is 0.332. The SMILES string of the molecule is O=S(=O)(NCC(O)c1ccco1)c1cccs1. The average molecular weight is 273 g/mol. The topological polar surface area (TPSA) is 79.5 Å². The summed E-state index contributed by atoms with van der Waals surface area (Å²) in [6.45, 7) is -0.117. The standard InChI is InChI=1S/C10H11NO4S2/c12-8(9-3-1-5-15-9)7-11-17(13,14)10-4-2-6-16-10/h1-6,8,11-12H,7H2. The maximum Gasteiger partial charge on any atom is 0.250 e. The van der Waals surface area contributed by atoms with Crippen LogP contribution in [0.3, 0.4) is 0 Å². The lowest BCUT2D eigenvalue weighted by Gasteiger charge is -2.08. The minimum atomic E-state index is -3.54. The molecule has 2 aromatic rings. The molecule has 2 heterocycles. The first-order chi connectivity index (χ1) is 8.09. The van der Waals surface area contributed by atoms with Crippen LogP contribution in [0.5, 0.6) is 0 Å². The minimum absolute atomic E-state index is 0.117. The van der Waals surface area contributed by atoms with E-state index in [-0.39, 0.29) is 10.8 Å². The predicted molar refractivity (Wildman–Crippen MR) is 63.2 cm³/mol. The lowest BCUT2D eigenvalue weighted by molar-refractivity contribution is 0.154. The molecule has 0 saturated carbocycles. The van der Waals surface area contributed by atoms with Crippen molar-refractivity contribution < 1.29 is 17.9 Å². The summed E-state index contributed by atoms with van der Waals surface area (Å²) in [6.07, 6.45) is 0.437. The number of rotatable bonds is 5. The van der Waals surface area contributed by atoms with Gasteiger partial charge in [-0.2, -0.15) is 0 Å². The van der Waals surface area contributed by atoms with Crippen molar-refractivity contribution in [2.75, 3.05) is 6.54 Å². The number of aliphatic hydroxyl groups is 1. The first-order valence-corrected chi connectivity index (χ1v) is 7.20. The second kappa shape index (κ2) is 5.01. The number of nitrogens with one attached hydrogen (secondary N) is 1. The Morgan fingerprint density at radius 2 is 2.24 bits per heavy atom. The van der Waals surface area contributed by atoms with E-state index >= 15 is 0 Å². The van der Waals surface area contributed by atoms with Gasteiger partial charge in [-0.15, -0.1) is 11.3 Å². The van der Waals surface area contributed by atoms with Crippen molar-refractivity contribution in [2.45, 2.75) is 10.3 Å². The van der Waals surface area contributed by atoms with Crippen LogP contribution in [-0.4, -0.2) is 20.1 Å². The van der Waals surface area contributed by atoms with Gasteiger partial charge in [0.1, 0.15) is 16.1 Å². The quantitative estimate of drug-likeness (QED) is 0.862. The number of hydrogen-bond acceptors (Lipinski definition) is 5. The zero-order valence-electron chi connectivity index (χ0n) is 8.74. The van der Waals surface area contributed by atoms with Gasteiger partial charge in [0.15, 0.2) is 0 Å². The van der Waals surface area contributed by atoms with Gasteiger partial charge >= 0.3 is 0 Å². The molecule has 2 rings (SSSR count). The van der Waals surface area contributed by atoms with Crippen LogP contribution in [0.4, 0.5) is 0 Å². The first-order valence-electron chi connectivity index (χ1n) is 4.84. The van der Waals surface area contributed by atoms with Crippen molar-refractivity contribution in [3.8, 4) is 0 Å². The Balaban J connectivity index is 1.99. The Morgan fingerprint density at radius 1 is 1.41 bits per heavy atom. The lowest BCUT2D eigenvalue weighted by Crippen LogP contribution is -2.27. The summed E-state index contributed by atoms with van der Waals surface area (Å²) in [5, 5.41) is 11.3. The minimum Gasteiger partial charge on any atom is -0.467 e. The van der Waals surface area contributed by atoms with Gasteiger partial charge in [0.25, 0.3) is 0 Å². The predicted octanol–water partition coefficient (Wildman–Crippen LogP) is 1.35. The maximum absolute atomic E-state index is 11.7. The molecule has 5 nitrogen and oxygen atoms in total. The highest BCUT2D eigenvalue weighted by Crippen LogP contribution is 2.17. The molecular formula is C10H11NO4S2. The smallest absolute Gasteiger partial charge is 0.250 e. The van der Waals surface area contributed by atoms with Gasteiger partial charge < -0.3 is 9.52 Å². The van der Waals surface area contributed by atoms with Gasteiger partial charge in [-0.25, -0.2) is 13.1 Å². The Kier molecular flexibility index (Phi) is 3.63. The van der Waals surface area contributed by atoms with E-state index in [0.717, 1.165) is 11.3 Å². The molecule has 0 spiro atoms. The fourth-order valence-corrected chi connectivity index (χ4v) is 3.33. The van der Waals surface area contributed by atoms with Crippen LogP contribution in [0.15, 0.2) is 44.5 Å². The second-order valence-electron chi connectivity index (χ2n) is 3.32. The highest BCUT2D eigenvalue weighted by atomic mass is 32.2.